The van der Waals surface area contributed by atoms with Crippen molar-refractivity contribution in [3.05, 3.63) is 50.6 Å². The van der Waals surface area contributed by atoms with Gasteiger partial charge in [-0.05, 0) is 50.6 Å². The highest BCUT2D eigenvalue weighted by molar-refractivity contribution is 9.11. The summed E-state index contributed by atoms with van der Waals surface area (Å²) in [7, 11) is 0. The third-order valence-corrected chi connectivity index (χ3v) is 3.98. The summed E-state index contributed by atoms with van der Waals surface area (Å²) in [5.41, 5.74) is 2.24. The first kappa shape index (κ1) is 14.4. The Kier molecular flexibility index (Phi) is 5.30. The van der Waals surface area contributed by atoms with E-state index >= 15 is 0 Å². The van der Waals surface area contributed by atoms with Crippen LogP contribution in [0.5, 0.6) is 5.75 Å². The molecule has 2 aromatic rings. The van der Waals surface area contributed by atoms with Crippen LogP contribution in [0, 0.1) is 0 Å². The highest BCUT2D eigenvalue weighted by atomic mass is 79.9. The first-order valence-corrected chi connectivity index (χ1v) is 7.28. The summed E-state index contributed by atoms with van der Waals surface area (Å²) in [5.74, 6) is 0.181. The molecular weight excluding hydrogens is 336 g/mol. The Morgan fingerprint density at radius 1 is 1.16 bits per heavy atom. The Morgan fingerprint density at radius 2 is 1.84 bits per heavy atom. The van der Waals surface area contributed by atoms with Crippen molar-refractivity contribution in [1.82, 2.24) is 5.32 Å². The molecule has 0 aliphatic heterocycles. The van der Waals surface area contributed by atoms with Crippen LogP contribution in [0.4, 0.5) is 8.78 Å². The minimum atomic E-state index is -2.78. The van der Waals surface area contributed by atoms with E-state index in [4.69, 9.17) is 0 Å². The number of nitrogens with one attached hydrogen (secondary N) is 1. The largest absolute Gasteiger partial charge is 0.435 e. The lowest BCUT2D eigenvalue weighted by molar-refractivity contribution is -0.0498. The van der Waals surface area contributed by atoms with Crippen molar-refractivity contribution in [2.24, 2.45) is 0 Å². The number of rotatable bonds is 6. The third kappa shape index (κ3) is 4.89. The second-order valence-electron chi connectivity index (χ2n) is 3.89. The summed E-state index contributed by atoms with van der Waals surface area (Å²) < 4.78 is 29.3. The van der Waals surface area contributed by atoms with Gasteiger partial charge >= 0.3 is 6.61 Å². The Hall–Kier alpha value is -0.980. The molecule has 1 heterocycles. The van der Waals surface area contributed by atoms with Crippen molar-refractivity contribution < 1.29 is 13.5 Å². The van der Waals surface area contributed by atoms with Gasteiger partial charge in [0.25, 0.3) is 0 Å². The summed E-state index contributed by atoms with van der Waals surface area (Å²) in [6.45, 7) is -1.32. The fourth-order valence-electron chi connectivity index (χ4n) is 1.58. The lowest BCUT2D eigenvalue weighted by atomic mass is 10.2. The molecule has 0 amide bonds. The number of alkyl halides is 2. The molecule has 1 N–H and O–H groups in total. The first-order valence-electron chi connectivity index (χ1n) is 5.61. The third-order valence-electron chi connectivity index (χ3n) is 2.43. The SMILES string of the molecule is FC(F)Oc1ccc(CNCc2csc(Br)c2)cc1. The van der Waals surface area contributed by atoms with Crippen LogP contribution in [0.25, 0.3) is 0 Å². The molecule has 0 bridgehead atoms. The van der Waals surface area contributed by atoms with E-state index in [2.05, 4.69) is 37.4 Å². The zero-order chi connectivity index (χ0) is 13.7. The molecular formula is C13H12BrF2NOS. The number of halogens is 3. The molecule has 0 aliphatic carbocycles. The molecule has 0 fully saturated rings. The average Bonchev–Trinajstić information content (AvgIpc) is 2.77. The normalized spacial score (nSPS) is 10.9. The maximum Gasteiger partial charge on any atom is 0.387 e. The second kappa shape index (κ2) is 6.98. The molecule has 0 spiro atoms. The Morgan fingerprint density at radius 3 is 2.42 bits per heavy atom. The molecule has 2 nitrogen and oxygen atoms in total. The van der Waals surface area contributed by atoms with Crippen LogP contribution in [0.3, 0.4) is 0 Å². The molecule has 102 valence electrons. The Balaban J connectivity index is 1.79. The fourth-order valence-corrected chi connectivity index (χ4v) is 2.79. The highest BCUT2D eigenvalue weighted by Gasteiger charge is 2.03. The van der Waals surface area contributed by atoms with Crippen molar-refractivity contribution in [1.29, 1.82) is 0 Å². The van der Waals surface area contributed by atoms with Gasteiger partial charge in [0.1, 0.15) is 5.75 Å². The summed E-state index contributed by atoms with van der Waals surface area (Å²) in [5, 5.41) is 5.37. The van der Waals surface area contributed by atoms with Crippen molar-refractivity contribution in [2.75, 3.05) is 0 Å². The van der Waals surface area contributed by atoms with E-state index in [0.717, 1.165) is 15.9 Å². The van der Waals surface area contributed by atoms with Crippen molar-refractivity contribution in [3.63, 3.8) is 0 Å². The van der Waals surface area contributed by atoms with Gasteiger partial charge in [-0.1, -0.05) is 12.1 Å². The van der Waals surface area contributed by atoms with Gasteiger partial charge in [-0.15, -0.1) is 11.3 Å². The number of hydrogen-bond donors (Lipinski definition) is 1. The van der Waals surface area contributed by atoms with Gasteiger partial charge in [0.15, 0.2) is 0 Å². The van der Waals surface area contributed by atoms with E-state index in [0.29, 0.717) is 6.54 Å². The van der Waals surface area contributed by atoms with E-state index in [-0.39, 0.29) is 5.75 Å². The monoisotopic (exact) mass is 347 g/mol. The molecule has 6 heteroatoms. The molecule has 0 saturated carbocycles. The minimum Gasteiger partial charge on any atom is -0.435 e. The van der Waals surface area contributed by atoms with Crippen molar-refractivity contribution in [3.8, 4) is 5.75 Å². The van der Waals surface area contributed by atoms with Gasteiger partial charge in [0.05, 0.1) is 3.79 Å². The average molecular weight is 348 g/mol. The molecule has 1 aromatic heterocycles. The molecule has 2 rings (SSSR count). The van der Waals surface area contributed by atoms with Gasteiger partial charge in [0, 0.05) is 13.1 Å². The maximum atomic E-state index is 12.0. The topological polar surface area (TPSA) is 21.3 Å². The number of ether oxygens (including phenoxy) is 1. The standard InChI is InChI=1S/C13H12BrF2NOS/c14-12-5-10(8-19-12)7-17-6-9-1-3-11(4-2-9)18-13(15)16/h1-5,8,13,17H,6-7H2. The highest BCUT2D eigenvalue weighted by Crippen LogP contribution is 2.20. The van der Waals surface area contributed by atoms with Crippen LogP contribution >= 0.6 is 27.3 Å². The predicted molar refractivity (Wildman–Crippen MR) is 75.6 cm³/mol. The van der Waals surface area contributed by atoms with Gasteiger partial charge < -0.3 is 10.1 Å². The quantitative estimate of drug-likeness (QED) is 0.835. The minimum absolute atomic E-state index is 0.181. The molecule has 0 unspecified atom stereocenters. The van der Waals surface area contributed by atoms with E-state index in [1.807, 2.05) is 0 Å². The van der Waals surface area contributed by atoms with Crippen LogP contribution in [-0.2, 0) is 13.1 Å². The maximum absolute atomic E-state index is 12.0. The van der Waals surface area contributed by atoms with Gasteiger partial charge in [-0.2, -0.15) is 8.78 Å². The van der Waals surface area contributed by atoms with Crippen LogP contribution in [0.15, 0.2) is 39.5 Å². The molecule has 0 aliphatic rings. The van der Waals surface area contributed by atoms with Gasteiger partial charge in [-0.3, -0.25) is 0 Å². The zero-order valence-corrected chi connectivity index (χ0v) is 12.3. The number of benzene rings is 1. The summed E-state index contributed by atoms with van der Waals surface area (Å²) in [6, 6.07) is 8.70. The van der Waals surface area contributed by atoms with E-state index in [9.17, 15) is 8.78 Å². The second-order valence-corrected chi connectivity index (χ2v) is 6.18. The number of thiophene rings is 1. The fraction of sp³-hybridized carbons (Fsp3) is 0.231. The molecule has 19 heavy (non-hydrogen) atoms. The summed E-state index contributed by atoms with van der Waals surface area (Å²) in [6.07, 6.45) is 0. The van der Waals surface area contributed by atoms with Gasteiger partial charge in [0.2, 0.25) is 0 Å². The van der Waals surface area contributed by atoms with Crippen molar-refractivity contribution >= 4 is 27.3 Å². The Bertz CT molecular complexity index is 516. The van der Waals surface area contributed by atoms with Crippen LogP contribution in [0.2, 0.25) is 0 Å². The lowest BCUT2D eigenvalue weighted by Crippen LogP contribution is -2.12. The smallest absolute Gasteiger partial charge is 0.387 e. The van der Waals surface area contributed by atoms with E-state index < -0.39 is 6.61 Å². The molecule has 0 radical (unpaired) electrons. The van der Waals surface area contributed by atoms with Crippen molar-refractivity contribution in [2.45, 2.75) is 19.7 Å². The van der Waals surface area contributed by atoms with Crippen LogP contribution < -0.4 is 10.1 Å². The molecule has 1 aromatic carbocycles. The molecule has 0 atom stereocenters. The van der Waals surface area contributed by atoms with Crippen LogP contribution in [-0.4, -0.2) is 6.61 Å². The van der Waals surface area contributed by atoms with E-state index in [1.165, 1.54) is 5.56 Å². The molecule has 0 saturated heterocycles. The Labute approximate surface area is 122 Å². The first-order chi connectivity index (χ1) is 9.13. The number of hydrogen-bond acceptors (Lipinski definition) is 3. The van der Waals surface area contributed by atoms with Gasteiger partial charge in [-0.25, -0.2) is 0 Å². The summed E-state index contributed by atoms with van der Waals surface area (Å²) >= 11 is 5.06. The lowest BCUT2D eigenvalue weighted by Gasteiger charge is -2.06. The van der Waals surface area contributed by atoms with Crippen LogP contribution in [0.1, 0.15) is 11.1 Å². The zero-order valence-electron chi connectivity index (χ0n) is 9.91. The predicted octanol–water partition coefficient (Wildman–Crippen LogP) is 4.40. The van der Waals surface area contributed by atoms with E-state index in [1.54, 1.807) is 35.6 Å². The summed E-state index contributed by atoms with van der Waals surface area (Å²) in [4.78, 5) is 0.